The third kappa shape index (κ3) is 14.6. The van der Waals surface area contributed by atoms with Gasteiger partial charge < -0.3 is 15.3 Å². The molecule has 0 aromatic carbocycles. The van der Waals surface area contributed by atoms with Crippen molar-refractivity contribution >= 4 is 17.9 Å². The lowest BCUT2D eigenvalue weighted by Crippen LogP contribution is -2.39. The highest BCUT2D eigenvalue weighted by atomic mass is 16.4. The summed E-state index contributed by atoms with van der Waals surface area (Å²) in [5.74, 6) is -0.554. The Kier molecular flexibility index (Phi) is 17.5. The first kappa shape index (κ1) is 29.0. The number of terminal acetylenes is 1. The fraction of sp³-hybridized carbons (Fsp3) is 0.800. The molecule has 0 atom stereocenters. The van der Waals surface area contributed by atoms with Crippen molar-refractivity contribution < 1.29 is 29.7 Å². The number of carbonyl (C=O) groups is 3. The molecule has 0 unspecified atom stereocenters. The lowest BCUT2D eigenvalue weighted by atomic mass is 9.78. The molecule has 0 aromatic heterocycles. The summed E-state index contributed by atoms with van der Waals surface area (Å²) in [6, 6.07) is 0. The second-order valence-corrected chi connectivity index (χ2v) is 8.59. The van der Waals surface area contributed by atoms with Crippen molar-refractivity contribution in [1.82, 2.24) is 0 Å². The van der Waals surface area contributed by atoms with Crippen LogP contribution in [0.4, 0.5) is 0 Å². The molecule has 31 heavy (non-hydrogen) atoms. The Morgan fingerprint density at radius 1 is 0.581 bits per heavy atom. The van der Waals surface area contributed by atoms with Crippen LogP contribution in [0.25, 0.3) is 0 Å². The van der Waals surface area contributed by atoms with Crippen molar-refractivity contribution in [2.75, 3.05) is 0 Å². The third-order valence-electron chi connectivity index (χ3n) is 5.99. The zero-order valence-electron chi connectivity index (χ0n) is 19.1. The standard InChI is InChI=1S/C25H42O6/c1-2-3-4-5-6-8-11-14-17-20-25(23(28)29,24(30)31)21-18-15-12-9-7-10-13-16-19-22(26)27/h1H,3-21H2,(H,26,27)(H,28,29)(H,30,31). The van der Waals surface area contributed by atoms with Gasteiger partial charge in [-0.15, -0.1) is 12.3 Å². The van der Waals surface area contributed by atoms with E-state index in [9.17, 15) is 24.6 Å². The zero-order chi connectivity index (χ0) is 23.4. The number of carboxylic acids is 3. The van der Waals surface area contributed by atoms with Gasteiger partial charge in [-0.3, -0.25) is 14.4 Å². The lowest BCUT2D eigenvalue weighted by Gasteiger charge is -2.25. The summed E-state index contributed by atoms with van der Waals surface area (Å²) < 4.78 is 0. The molecule has 0 aromatic rings. The average Bonchev–Trinajstić information content (AvgIpc) is 2.71. The Labute approximate surface area is 187 Å². The third-order valence-corrected chi connectivity index (χ3v) is 5.99. The van der Waals surface area contributed by atoms with Gasteiger partial charge in [-0.2, -0.15) is 0 Å². The largest absolute Gasteiger partial charge is 0.481 e. The SMILES string of the molecule is C#CCCCCCCCCCC(CCCCCCCCCCC(=O)O)(C(=O)O)C(=O)O. The van der Waals surface area contributed by atoms with Crippen molar-refractivity contribution in [2.24, 2.45) is 5.41 Å². The highest BCUT2D eigenvalue weighted by molar-refractivity contribution is 5.98. The van der Waals surface area contributed by atoms with Crippen molar-refractivity contribution in [3.05, 3.63) is 0 Å². The molecule has 0 spiro atoms. The minimum atomic E-state index is -1.66. The van der Waals surface area contributed by atoms with E-state index in [0.29, 0.717) is 19.3 Å². The molecule has 0 aliphatic rings. The molecule has 0 radical (unpaired) electrons. The number of rotatable bonds is 22. The van der Waals surface area contributed by atoms with Gasteiger partial charge in [0.15, 0.2) is 5.41 Å². The number of carboxylic acid groups (broad SMARTS) is 3. The van der Waals surface area contributed by atoms with Crippen LogP contribution < -0.4 is 0 Å². The highest BCUT2D eigenvalue weighted by Gasteiger charge is 2.45. The van der Waals surface area contributed by atoms with Crippen LogP contribution in [0, 0.1) is 17.8 Å². The predicted octanol–water partition coefficient (Wildman–Crippen LogP) is 6.27. The van der Waals surface area contributed by atoms with Crippen LogP contribution in [-0.2, 0) is 14.4 Å². The molecule has 0 aliphatic heterocycles. The molecule has 6 heteroatoms. The fourth-order valence-corrected chi connectivity index (χ4v) is 3.95. The minimum absolute atomic E-state index is 0.183. The maximum Gasteiger partial charge on any atom is 0.321 e. The quantitative estimate of drug-likeness (QED) is 0.104. The normalized spacial score (nSPS) is 11.2. The van der Waals surface area contributed by atoms with E-state index in [1.165, 1.54) is 0 Å². The van der Waals surface area contributed by atoms with E-state index in [0.717, 1.165) is 83.5 Å². The second-order valence-electron chi connectivity index (χ2n) is 8.59. The number of aliphatic carboxylic acids is 3. The number of hydrogen-bond acceptors (Lipinski definition) is 3. The van der Waals surface area contributed by atoms with Gasteiger partial charge in [0.1, 0.15) is 0 Å². The Hall–Kier alpha value is -2.03. The van der Waals surface area contributed by atoms with Crippen molar-refractivity contribution in [2.45, 2.75) is 122 Å². The minimum Gasteiger partial charge on any atom is -0.481 e. The van der Waals surface area contributed by atoms with Gasteiger partial charge in [0, 0.05) is 12.8 Å². The van der Waals surface area contributed by atoms with Crippen LogP contribution in [0.5, 0.6) is 0 Å². The molecular weight excluding hydrogens is 396 g/mol. The first-order valence-electron chi connectivity index (χ1n) is 12.0. The van der Waals surface area contributed by atoms with Crippen LogP contribution in [0.3, 0.4) is 0 Å². The molecule has 0 fully saturated rings. The number of hydrogen-bond donors (Lipinski definition) is 3. The molecule has 6 nitrogen and oxygen atoms in total. The van der Waals surface area contributed by atoms with Crippen LogP contribution in [0.1, 0.15) is 122 Å². The van der Waals surface area contributed by atoms with Crippen LogP contribution in [0.2, 0.25) is 0 Å². The molecule has 0 saturated heterocycles. The summed E-state index contributed by atoms with van der Waals surface area (Å²) in [5.41, 5.74) is -1.66. The molecule has 178 valence electrons. The maximum atomic E-state index is 11.8. The van der Waals surface area contributed by atoms with Crippen LogP contribution in [0.15, 0.2) is 0 Å². The molecule has 0 saturated carbocycles. The second kappa shape index (κ2) is 18.7. The van der Waals surface area contributed by atoms with E-state index in [1.807, 2.05) is 0 Å². The van der Waals surface area contributed by atoms with E-state index < -0.39 is 23.3 Å². The Balaban J connectivity index is 4.06. The Bertz CT molecular complexity index is 535. The average molecular weight is 439 g/mol. The van der Waals surface area contributed by atoms with Gasteiger partial charge in [-0.1, -0.05) is 83.5 Å². The molecular formula is C25H42O6. The molecule has 3 N–H and O–H groups in total. The zero-order valence-corrected chi connectivity index (χ0v) is 19.1. The van der Waals surface area contributed by atoms with E-state index in [2.05, 4.69) is 5.92 Å². The van der Waals surface area contributed by atoms with Gasteiger partial charge in [-0.25, -0.2) is 0 Å². The van der Waals surface area contributed by atoms with Crippen LogP contribution >= 0.6 is 0 Å². The monoisotopic (exact) mass is 438 g/mol. The van der Waals surface area contributed by atoms with Gasteiger partial charge >= 0.3 is 17.9 Å². The predicted molar refractivity (Wildman–Crippen MR) is 122 cm³/mol. The topological polar surface area (TPSA) is 112 Å². The lowest BCUT2D eigenvalue weighted by molar-refractivity contribution is -0.166. The Morgan fingerprint density at radius 2 is 0.935 bits per heavy atom. The first-order chi connectivity index (χ1) is 14.9. The molecule has 0 aliphatic carbocycles. The van der Waals surface area contributed by atoms with E-state index in [-0.39, 0.29) is 19.3 Å². The van der Waals surface area contributed by atoms with Gasteiger partial charge in [-0.05, 0) is 25.7 Å². The van der Waals surface area contributed by atoms with E-state index in [4.69, 9.17) is 11.5 Å². The van der Waals surface area contributed by atoms with Crippen LogP contribution in [-0.4, -0.2) is 33.2 Å². The maximum absolute atomic E-state index is 11.8. The van der Waals surface area contributed by atoms with Gasteiger partial charge in [0.05, 0.1) is 0 Å². The highest BCUT2D eigenvalue weighted by Crippen LogP contribution is 2.33. The molecule has 0 bridgehead atoms. The van der Waals surface area contributed by atoms with Gasteiger partial charge in [0.25, 0.3) is 0 Å². The smallest absolute Gasteiger partial charge is 0.321 e. The summed E-state index contributed by atoms with van der Waals surface area (Å²) in [6.45, 7) is 0. The van der Waals surface area contributed by atoms with Crippen molar-refractivity contribution in [1.29, 1.82) is 0 Å². The summed E-state index contributed by atoms with van der Waals surface area (Å²) >= 11 is 0. The Morgan fingerprint density at radius 3 is 1.29 bits per heavy atom. The first-order valence-corrected chi connectivity index (χ1v) is 12.0. The summed E-state index contributed by atoms with van der Waals surface area (Å²) in [7, 11) is 0. The summed E-state index contributed by atoms with van der Waals surface area (Å²) in [6.07, 6.45) is 20.5. The fourth-order valence-electron chi connectivity index (χ4n) is 3.95. The molecule has 0 rings (SSSR count). The summed E-state index contributed by atoms with van der Waals surface area (Å²) in [4.78, 5) is 34.1. The van der Waals surface area contributed by atoms with Crippen molar-refractivity contribution in [3.8, 4) is 12.3 Å². The van der Waals surface area contributed by atoms with Gasteiger partial charge in [0.2, 0.25) is 0 Å². The molecule has 0 amide bonds. The summed E-state index contributed by atoms with van der Waals surface area (Å²) in [5, 5.41) is 27.9. The molecule has 0 heterocycles. The number of unbranched alkanes of at least 4 members (excludes halogenated alkanes) is 14. The van der Waals surface area contributed by atoms with Crippen molar-refractivity contribution in [3.63, 3.8) is 0 Å². The van der Waals surface area contributed by atoms with E-state index >= 15 is 0 Å². The van der Waals surface area contributed by atoms with E-state index in [1.54, 1.807) is 0 Å².